The smallest absolute Gasteiger partial charge is 0.258 e. The van der Waals surface area contributed by atoms with E-state index in [1.54, 1.807) is 24.3 Å². The summed E-state index contributed by atoms with van der Waals surface area (Å²) < 4.78 is 10.4. The second kappa shape index (κ2) is 9.52. The summed E-state index contributed by atoms with van der Waals surface area (Å²) in [5.74, 6) is -0.437. The molecule has 0 aliphatic carbocycles. The summed E-state index contributed by atoms with van der Waals surface area (Å²) in [5, 5.41) is 11.2. The first-order valence-corrected chi connectivity index (χ1v) is 8.92. The Morgan fingerprint density at radius 2 is 1.82 bits per heavy atom. The van der Waals surface area contributed by atoms with Gasteiger partial charge in [-0.3, -0.25) is 9.59 Å². The average molecular weight is 424 g/mol. The van der Waals surface area contributed by atoms with Crippen molar-refractivity contribution in [3.05, 3.63) is 45.9 Å². The van der Waals surface area contributed by atoms with Crippen molar-refractivity contribution in [3.63, 3.8) is 0 Å². The summed E-state index contributed by atoms with van der Waals surface area (Å²) in [5.41, 5.74) is 1.47. The van der Waals surface area contributed by atoms with Gasteiger partial charge in [-0.25, -0.2) is 0 Å². The average Bonchev–Trinajstić information content (AvgIpc) is 2.65. The van der Waals surface area contributed by atoms with E-state index in [-0.39, 0.29) is 16.5 Å². The molecular formula is C19H19Cl2N3O4. The zero-order valence-electron chi connectivity index (χ0n) is 15.7. The third kappa shape index (κ3) is 5.21. The molecule has 0 aromatic heterocycles. The first kappa shape index (κ1) is 21.7. The number of halogens is 2. The lowest BCUT2D eigenvalue weighted by Gasteiger charge is -2.15. The molecule has 1 atom stereocenters. The highest BCUT2D eigenvalue weighted by molar-refractivity contribution is 6.34. The summed E-state index contributed by atoms with van der Waals surface area (Å²) in [6.45, 7) is 3.07. The van der Waals surface area contributed by atoms with Crippen molar-refractivity contribution in [1.29, 1.82) is 0 Å². The van der Waals surface area contributed by atoms with E-state index in [2.05, 4.69) is 15.5 Å². The van der Waals surface area contributed by atoms with Gasteiger partial charge >= 0.3 is 0 Å². The Morgan fingerprint density at radius 1 is 1.11 bits per heavy atom. The van der Waals surface area contributed by atoms with Gasteiger partial charge in [0.1, 0.15) is 17.2 Å². The minimum absolute atomic E-state index is 0.189. The molecule has 1 N–H and O–H groups in total. The van der Waals surface area contributed by atoms with Gasteiger partial charge in [0.05, 0.1) is 24.9 Å². The third-order valence-corrected chi connectivity index (χ3v) is 4.35. The van der Waals surface area contributed by atoms with Crippen molar-refractivity contribution in [2.24, 2.45) is 10.2 Å². The second-order valence-electron chi connectivity index (χ2n) is 5.84. The van der Waals surface area contributed by atoms with Crippen LogP contribution in [0.5, 0.6) is 11.5 Å². The molecule has 28 heavy (non-hydrogen) atoms. The molecule has 7 nitrogen and oxygen atoms in total. The van der Waals surface area contributed by atoms with Crippen LogP contribution in [0.4, 0.5) is 11.4 Å². The van der Waals surface area contributed by atoms with Crippen LogP contribution in [0.25, 0.3) is 0 Å². The molecule has 0 bridgehead atoms. The molecule has 0 aliphatic heterocycles. The highest BCUT2D eigenvalue weighted by Gasteiger charge is 2.25. The van der Waals surface area contributed by atoms with Crippen LogP contribution < -0.4 is 14.8 Å². The Labute approximate surface area is 172 Å². The molecule has 0 radical (unpaired) electrons. The van der Waals surface area contributed by atoms with Gasteiger partial charge < -0.3 is 14.8 Å². The number of nitrogens with zero attached hydrogens (tertiary/aromatic N) is 2. The Hall–Kier alpha value is -2.64. The fourth-order valence-electron chi connectivity index (χ4n) is 2.28. The first-order chi connectivity index (χ1) is 13.3. The lowest BCUT2D eigenvalue weighted by atomic mass is 10.2. The Morgan fingerprint density at radius 3 is 2.43 bits per heavy atom. The summed E-state index contributed by atoms with van der Waals surface area (Å²) in [7, 11) is 2.90. The van der Waals surface area contributed by atoms with E-state index in [1.165, 1.54) is 27.2 Å². The maximum Gasteiger partial charge on any atom is 0.258 e. The van der Waals surface area contributed by atoms with Crippen LogP contribution in [0.15, 0.2) is 40.6 Å². The number of ketones is 1. The van der Waals surface area contributed by atoms with Crippen LogP contribution in [-0.2, 0) is 9.59 Å². The number of hydrogen-bond acceptors (Lipinski definition) is 6. The van der Waals surface area contributed by atoms with Gasteiger partial charge in [-0.1, -0.05) is 29.3 Å². The minimum Gasteiger partial charge on any atom is -0.497 e. The fraction of sp³-hybridized carbons (Fsp3) is 0.263. The summed E-state index contributed by atoms with van der Waals surface area (Å²) >= 11 is 12.2. The molecule has 2 aromatic carbocycles. The molecule has 0 aliphatic rings. The summed E-state index contributed by atoms with van der Waals surface area (Å²) in [6, 6.07) is 6.78. The number of aryl methyl sites for hydroxylation is 1. The largest absolute Gasteiger partial charge is 0.497 e. The number of Topliss-reactive ketones (excluding diaryl/α,β-unsaturated/α-hetero) is 1. The van der Waals surface area contributed by atoms with Crippen LogP contribution in [0, 0.1) is 6.92 Å². The van der Waals surface area contributed by atoms with Gasteiger partial charge in [-0.2, -0.15) is 10.2 Å². The topological polar surface area (TPSA) is 89.4 Å². The quantitative estimate of drug-likeness (QED) is 0.501. The van der Waals surface area contributed by atoms with Gasteiger partial charge in [0, 0.05) is 17.2 Å². The van der Waals surface area contributed by atoms with E-state index >= 15 is 0 Å². The molecule has 1 amide bonds. The molecule has 0 saturated carbocycles. The fourth-order valence-corrected chi connectivity index (χ4v) is 2.69. The zero-order chi connectivity index (χ0) is 20.8. The van der Waals surface area contributed by atoms with Crippen molar-refractivity contribution in [2.75, 3.05) is 19.5 Å². The van der Waals surface area contributed by atoms with E-state index in [9.17, 15) is 9.59 Å². The van der Waals surface area contributed by atoms with E-state index in [0.717, 1.165) is 5.56 Å². The summed E-state index contributed by atoms with van der Waals surface area (Å²) in [4.78, 5) is 24.6. The first-order valence-electron chi connectivity index (χ1n) is 8.16. The van der Waals surface area contributed by atoms with E-state index in [0.29, 0.717) is 16.5 Å². The number of anilines is 1. The molecule has 2 rings (SSSR count). The molecule has 9 heteroatoms. The second-order valence-corrected chi connectivity index (χ2v) is 6.68. The van der Waals surface area contributed by atoms with Gasteiger partial charge in [0.2, 0.25) is 6.04 Å². The third-order valence-electron chi connectivity index (χ3n) is 3.82. The van der Waals surface area contributed by atoms with Crippen molar-refractivity contribution < 1.29 is 19.1 Å². The zero-order valence-corrected chi connectivity index (χ0v) is 17.3. The highest BCUT2D eigenvalue weighted by Crippen LogP contribution is 2.37. The van der Waals surface area contributed by atoms with Crippen LogP contribution in [0.2, 0.25) is 10.0 Å². The van der Waals surface area contributed by atoms with Crippen molar-refractivity contribution in [1.82, 2.24) is 0 Å². The number of methoxy groups -OCH3 is 2. The number of nitrogens with one attached hydrogen (secondary N) is 1. The lowest BCUT2D eigenvalue weighted by molar-refractivity contribution is -0.126. The molecule has 0 saturated heterocycles. The van der Waals surface area contributed by atoms with Gasteiger partial charge in [-0.05, 0) is 31.5 Å². The number of benzene rings is 2. The van der Waals surface area contributed by atoms with E-state index in [4.69, 9.17) is 32.7 Å². The molecule has 0 heterocycles. The predicted molar refractivity (Wildman–Crippen MR) is 108 cm³/mol. The van der Waals surface area contributed by atoms with Crippen LogP contribution >= 0.6 is 23.2 Å². The number of amides is 1. The van der Waals surface area contributed by atoms with Crippen LogP contribution in [-0.4, -0.2) is 32.0 Å². The molecule has 2 aromatic rings. The Kier molecular flexibility index (Phi) is 7.37. The van der Waals surface area contributed by atoms with Crippen LogP contribution in [0.3, 0.4) is 0 Å². The highest BCUT2D eigenvalue weighted by atomic mass is 35.5. The molecule has 148 valence electrons. The molecule has 0 fully saturated rings. The monoisotopic (exact) mass is 423 g/mol. The SMILES string of the molecule is COc1cc(Cl)c(NC(=O)C(N=Nc2cc(Cl)ccc2C)C(C)=O)c(OC)c1. The predicted octanol–water partition coefficient (Wildman–Crippen LogP) is 5.00. The van der Waals surface area contributed by atoms with Crippen molar-refractivity contribution in [3.8, 4) is 11.5 Å². The molecule has 0 spiro atoms. The van der Waals surface area contributed by atoms with Gasteiger partial charge in [-0.15, -0.1) is 0 Å². The normalized spacial score (nSPS) is 11.9. The number of carbonyl (C=O) groups excluding carboxylic acids is 2. The Bertz CT molecular complexity index is 932. The number of hydrogen-bond donors (Lipinski definition) is 1. The molecular weight excluding hydrogens is 405 g/mol. The summed E-state index contributed by atoms with van der Waals surface area (Å²) in [6.07, 6.45) is 0. The van der Waals surface area contributed by atoms with Gasteiger partial charge in [0.25, 0.3) is 5.91 Å². The lowest BCUT2D eigenvalue weighted by Crippen LogP contribution is -2.32. The number of rotatable bonds is 7. The maximum absolute atomic E-state index is 12.6. The maximum atomic E-state index is 12.6. The van der Waals surface area contributed by atoms with Crippen molar-refractivity contribution in [2.45, 2.75) is 19.9 Å². The van der Waals surface area contributed by atoms with Crippen LogP contribution in [0.1, 0.15) is 12.5 Å². The van der Waals surface area contributed by atoms with E-state index in [1.807, 2.05) is 6.92 Å². The van der Waals surface area contributed by atoms with Gasteiger partial charge in [0.15, 0.2) is 5.78 Å². The standard InChI is InChI=1S/C19H19Cl2N3O4/c1-10-5-6-12(20)7-15(10)23-24-17(11(2)25)19(26)22-18-14(21)8-13(27-3)9-16(18)28-4/h5-9,17H,1-4H3,(H,22,26). The number of ether oxygens (including phenoxy) is 2. The van der Waals surface area contributed by atoms with E-state index < -0.39 is 17.7 Å². The minimum atomic E-state index is -1.36. The number of azo groups is 1. The Balaban J connectivity index is 2.30. The number of carbonyl (C=O) groups is 2. The van der Waals surface area contributed by atoms with Crippen molar-refractivity contribution >= 4 is 46.3 Å². The molecule has 1 unspecified atom stereocenters.